The number of hydrogen-bond donors (Lipinski definition) is 1. The molecule has 3 nitrogen and oxygen atoms in total. The number of carbonyl (C=O) groups excluding carboxylic acids is 1. The van der Waals surface area contributed by atoms with Crippen molar-refractivity contribution in [2.45, 2.75) is 19.4 Å². The van der Waals surface area contributed by atoms with Crippen LogP contribution < -0.4 is 4.74 Å². The molecule has 0 saturated carbocycles. The summed E-state index contributed by atoms with van der Waals surface area (Å²) in [5, 5.41) is 9.44. The molecule has 1 aromatic carbocycles. The van der Waals surface area contributed by atoms with Crippen LogP contribution in [0.4, 0.5) is 0 Å². The molecule has 0 aliphatic heterocycles. The molecule has 0 bridgehead atoms. The van der Waals surface area contributed by atoms with E-state index in [-0.39, 0.29) is 0 Å². The normalized spacial score (nSPS) is 10.2. The number of hydrogen-bond acceptors (Lipinski definition) is 3. The maximum absolute atomic E-state index is 10.8. The van der Waals surface area contributed by atoms with E-state index in [1.807, 2.05) is 0 Å². The Morgan fingerprint density at radius 2 is 2.12 bits per heavy atom. The van der Waals surface area contributed by atoms with Gasteiger partial charge in [-0.05, 0) is 32.0 Å². The van der Waals surface area contributed by atoms with Crippen LogP contribution in [0.15, 0.2) is 18.2 Å². The first-order valence-electron chi connectivity index (χ1n) is 4.85. The van der Waals surface area contributed by atoms with Crippen molar-refractivity contribution in [3.63, 3.8) is 0 Å². The lowest BCUT2D eigenvalue weighted by Crippen LogP contribution is -2.14. The van der Waals surface area contributed by atoms with Gasteiger partial charge in [0, 0.05) is 5.56 Å². The summed E-state index contributed by atoms with van der Waals surface area (Å²) < 4.78 is 5.01. The molecule has 16 heavy (non-hydrogen) atoms. The summed E-state index contributed by atoms with van der Waals surface area (Å²) in [6.07, 6.45) is 0.716. The van der Waals surface area contributed by atoms with Gasteiger partial charge in [0.2, 0.25) is 0 Å². The molecule has 0 radical (unpaired) electrons. The number of methoxy groups -OCH3 is 1. The predicted octanol–water partition coefficient (Wildman–Crippen LogP) is 1.63. The monoisotopic (exact) mass is 218 g/mol. The summed E-state index contributed by atoms with van der Waals surface area (Å²) >= 11 is 0. The molecule has 1 rings (SSSR count). The molecule has 1 N–H and O–H groups in total. The van der Waals surface area contributed by atoms with E-state index in [4.69, 9.17) is 4.74 Å². The molecular weight excluding hydrogens is 204 g/mol. The Morgan fingerprint density at radius 1 is 1.44 bits per heavy atom. The minimum Gasteiger partial charge on any atom is -0.496 e. The quantitative estimate of drug-likeness (QED) is 0.606. The summed E-state index contributed by atoms with van der Waals surface area (Å²) in [5.74, 6) is 5.99. The Labute approximate surface area is 95.1 Å². The topological polar surface area (TPSA) is 46.5 Å². The van der Waals surface area contributed by atoms with Crippen molar-refractivity contribution in [2.75, 3.05) is 7.11 Å². The SMILES string of the molecule is COc1ccc(C#CC(C)(C)O)cc1C=O. The van der Waals surface area contributed by atoms with E-state index in [1.54, 1.807) is 32.0 Å². The number of carbonyl (C=O) groups is 1. The van der Waals surface area contributed by atoms with Crippen molar-refractivity contribution >= 4 is 6.29 Å². The maximum Gasteiger partial charge on any atom is 0.153 e. The summed E-state index contributed by atoms with van der Waals surface area (Å²) in [4.78, 5) is 10.8. The highest BCUT2D eigenvalue weighted by molar-refractivity contribution is 5.80. The molecule has 0 saturated heterocycles. The highest BCUT2D eigenvalue weighted by atomic mass is 16.5. The van der Waals surface area contributed by atoms with E-state index in [2.05, 4.69) is 11.8 Å². The molecule has 0 aromatic heterocycles. The van der Waals surface area contributed by atoms with Gasteiger partial charge in [0.15, 0.2) is 6.29 Å². The summed E-state index contributed by atoms with van der Waals surface area (Å²) in [6, 6.07) is 5.05. The zero-order valence-corrected chi connectivity index (χ0v) is 9.57. The molecule has 0 atom stereocenters. The van der Waals surface area contributed by atoms with Crippen molar-refractivity contribution in [2.24, 2.45) is 0 Å². The fourth-order valence-electron chi connectivity index (χ4n) is 1.13. The van der Waals surface area contributed by atoms with Gasteiger partial charge >= 0.3 is 0 Å². The third-order valence-electron chi connectivity index (χ3n) is 1.87. The van der Waals surface area contributed by atoms with E-state index in [0.29, 0.717) is 23.2 Å². The van der Waals surface area contributed by atoms with Crippen LogP contribution in [0.5, 0.6) is 5.75 Å². The van der Waals surface area contributed by atoms with Crippen LogP contribution in [-0.4, -0.2) is 24.1 Å². The Kier molecular flexibility index (Phi) is 3.70. The molecule has 0 spiro atoms. The minimum atomic E-state index is -1.04. The molecule has 0 amide bonds. The smallest absolute Gasteiger partial charge is 0.153 e. The Balaban J connectivity index is 3.08. The molecule has 0 aliphatic carbocycles. The van der Waals surface area contributed by atoms with E-state index in [1.165, 1.54) is 7.11 Å². The van der Waals surface area contributed by atoms with Gasteiger partial charge in [0.1, 0.15) is 11.4 Å². The summed E-state index contributed by atoms with van der Waals surface area (Å²) in [6.45, 7) is 3.20. The molecule has 3 heteroatoms. The van der Waals surface area contributed by atoms with Gasteiger partial charge in [-0.2, -0.15) is 0 Å². The second kappa shape index (κ2) is 4.82. The van der Waals surface area contributed by atoms with Crippen molar-refractivity contribution in [3.05, 3.63) is 29.3 Å². The number of ether oxygens (including phenoxy) is 1. The highest BCUT2D eigenvalue weighted by Crippen LogP contribution is 2.17. The fraction of sp³-hybridized carbons (Fsp3) is 0.308. The average molecular weight is 218 g/mol. The van der Waals surface area contributed by atoms with Crippen molar-refractivity contribution in [1.29, 1.82) is 0 Å². The molecule has 0 fully saturated rings. The second-order valence-electron chi connectivity index (χ2n) is 3.88. The first kappa shape index (κ1) is 12.3. The lowest BCUT2D eigenvalue weighted by molar-refractivity contribution is 0.112. The van der Waals surface area contributed by atoms with Crippen LogP contribution in [0, 0.1) is 11.8 Å². The number of aliphatic hydroxyl groups is 1. The number of rotatable bonds is 2. The lowest BCUT2D eigenvalue weighted by Gasteiger charge is -2.06. The van der Waals surface area contributed by atoms with Crippen molar-refractivity contribution < 1.29 is 14.6 Å². The molecule has 0 aliphatic rings. The van der Waals surface area contributed by atoms with E-state index in [0.717, 1.165) is 0 Å². The third-order valence-corrected chi connectivity index (χ3v) is 1.87. The molecule has 0 unspecified atom stereocenters. The van der Waals surface area contributed by atoms with Crippen LogP contribution >= 0.6 is 0 Å². The van der Waals surface area contributed by atoms with Gasteiger partial charge in [-0.3, -0.25) is 4.79 Å². The van der Waals surface area contributed by atoms with Crippen LogP contribution in [0.2, 0.25) is 0 Å². The van der Waals surface area contributed by atoms with Gasteiger partial charge < -0.3 is 9.84 Å². The second-order valence-corrected chi connectivity index (χ2v) is 3.88. The average Bonchev–Trinajstić information content (AvgIpc) is 2.25. The third kappa shape index (κ3) is 3.41. The van der Waals surface area contributed by atoms with Crippen molar-refractivity contribution in [1.82, 2.24) is 0 Å². The lowest BCUT2D eigenvalue weighted by atomic mass is 10.1. The van der Waals surface area contributed by atoms with Gasteiger partial charge in [-0.15, -0.1) is 0 Å². The first-order valence-corrected chi connectivity index (χ1v) is 4.85. The zero-order chi connectivity index (χ0) is 12.2. The fourth-order valence-corrected chi connectivity index (χ4v) is 1.13. The van der Waals surface area contributed by atoms with E-state index in [9.17, 15) is 9.90 Å². The van der Waals surface area contributed by atoms with E-state index < -0.39 is 5.60 Å². The van der Waals surface area contributed by atoms with Crippen LogP contribution in [0.3, 0.4) is 0 Å². The molecule has 1 aromatic rings. The first-order chi connectivity index (χ1) is 7.46. The molecule has 0 heterocycles. The van der Waals surface area contributed by atoms with Crippen LogP contribution in [-0.2, 0) is 0 Å². The number of benzene rings is 1. The zero-order valence-electron chi connectivity index (χ0n) is 9.57. The predicted molar refractivity (Wildman–Crippen MR) is 61.6 cm³/mol. The molecule has 84 valence electrons. The van der Waals surface area contributed by atoms with Crippen molar-refractivity contribution in [3.8, 4) is 17.6 Å². The van der Waals surface area contributed by atoms with Gasteiger partial charge in [-0.25, -0.2) is 0 Å². The minimum absolute atomic E-state index is 0.449. The maximum atomic E-state index is 10.8. The summed E-state index contributed by atoms with van der Waals surface area (Å²) in [5.41, 5.74) is 0.0800. The summed E-state index contributed by atoms with van der Waals surface area (Å²) in [7, 11) is 1.50. The molecular formula is C13H14O3. The Morgan fingerprint density at radius 3 is 2.62 bits per heavy atom. The highest BCUT2D eigenvalue weighted by Gasteiger charge is 2.06. The largest absolute Gasteiger partial charge is 0.496 e. The Bertz CT molecular complexity index is 444. The van der Waals surface area contributed by atoms with Gasteiger partial charge in [0.05, 0.1) is 12.7 Å². The van der Waals surface area contributed by atoms with E-state index >= 15 is 0 Å². The van der Waals surface area contributed by atoms with Gasteiger partial charge in [0.25, 0.3) is 0 Å². The number of aldehydes is 1. The van der Waals surface area contributed by atoms with Crippen LogP contribution in [0.1, 0.15) is 29.8 Å². The Hall–Kier alpha value is -1.79. The van der Waals surface area contributed by atoms with Crippen LogP contribution in [0.25, 0.3) is 0 Å². The van der Waals surface area contributed by atoms with Gasteiger partial charge in [-0.1, -0.05) is 11.8 Å². The standard InChI is InChI=1S/C13H14O3/c1-13(2,15)7-6-10-4-5-12(16-3)11(8-10)9-14/h4-5,8-9,15H,1-3H3.